The van der Waals surface area contributed by atoms with Crippen molar-refractivity contribution in [2.45, 2.75) is 37.3 Å². The Kier molecular flexibility index (Phi) is 1.08. The second-order valence-corrected chi connectivity index (χ2v) is 3.46. The summed E-state index contributed by atoms with van der Waals surface area (Å²) in [5.41, 5.74) is 6.29. The predicted molar refractivity (Wildman–Crippen MR) is 37.2 cm³/mol. The van der Waals surface area contributed by atoms with E-state index in [-0.39, 0.29) is 0 Å². The molecule has 0 unspecified atom stereocenters. The van der Waals surface area contributed by atoms with Gasteiger partial charge in [-0.05, 0) is 32.2 Å². The third kappa shape index (κ3) is 0.775. The van der Waals surface area contributed by atoms with Crippen molar-refractivity contribution in [2.24, 2.45) is 5.73 Å². The molecule has 3 N–H and O–H groups in total. The van der Waals surface area contributed by atoms with Gasteiger partial charge in [0.25, 0.3) is 0 Å². The minimum absolute atomic E-state index is 0.484. The second-order valence-electron chi connectivity index (χ2n) is 3.46. The highest BCUT2D eigenvalue weighted by molar-refractivity contribution is 5.03. The first-order valence-corrected chi connectivity index (χ1v) is 3.81. The van der Waals surface area contributed by atoms with E-state index in [2.05, 4.69) is 5.32 Å². The van der Waals surface area contributed by atoms with Crippen LogP contribution in [0.5, 0.6) is 0 Å². The van der Waals surface area contributed by atoms with Gasteiger partial charge in [0.2, 0.25) is 0 Å². The average molecular weight is 126 g/mol. The van der Waals surface area contributed by atoms with Gasteiger partial charge in [-0.2, -0.15) is 0 Å². The molecule has 0 aromatic carbocycles. The van der Waals surface area contributed by atoms with Gasteiger partial charge in [-0.1, -0.05) is 0 Å². The molecule has 1 heterocycles. The highest BCUT2D eigenvalue weighted by atomic mass is 15.1. The fourth-order valence-corrected chi connectivity index (χ4v) is 2.03. The van der Waals surface area contributed by atoms with Crippen molar-refractivity contribution in [1.82, 2.24) is 5.32 Å². The number of rotatable bonds is 0. The Balaban J connectivity index is 1.99. The summed E-state index contributed by atoms with van der Waals surface area (Å²) >= 11 is 0. The molecule has 0 bridgehead atoms. The summed E-state index contributed by atoms with van der Waals surface area (Å²) in [7, 11) is 0. The maximum absolute atomic E-state index is 5.78. The lowest BCUT2D eigenvalue weighted by atomic mass is 9.86. The lowest BCUT2D eigenvalue weighted by molar-refractivity contribution is 0.212. The highest BCUT2D eigenvalue weighted by Crippen LogP contribution is 2.36. The van der Waals surface area contributed by atoms with Crippen molar-refractivity contribution in [2.75, 3.05) is 6.54 Å². The second kappa shape index (κ2) is 1.70. The lowest BCUT2D eigenvalue weighted by Crippen LogP contribution is -2.55. The zero-order chi connectivity index (χ0) is 6.32. The fourth-order valence-electron chi connectivity index (χ4n) is 2.03. The van der Waals surface area contributed by atoms with Gasteiger partial charge in [-0.25, -0.2) is 0 Å². The van der Waals surface area contributed by atoms with E-state index < -0.39 is 0 Å². The van der Waals surface area contributed by atoms with Crippen LogP contribution in [0.1, 0.15) is 25.7 Å². The number of nitrogens with one attached hydrogen (secondary N) is 1. The Bertz CT molecular complexity index is 118. The van der Waals surface area contributed by atoms with Gasteiger partial charge in [-0.15, -0.1) is 0 Å². The van der Waals surface area contributed by atoms with Crippen molar-refractivity contribution >= 4 is 0 Å². The van der Waals surface area contributed by atoms with Gasteiger partial charge in [0.05, 0.1) is 0 Å². The highest BCUT2D eigenvalue weighted by Gasteiger charge is 2.41. The summed E-state index contributed by atoms with van der Waals surface area (Å²) in [6, 6.07) is 0.484. The molecular weight excluding hydrogens is 112 g/mol. The quantitative estimate of drug-likeness (QED) is 0.487. The molecule has 1 aliphatic carbocycles. The van der Waals surface area contributed by atoms with Gasteiger partial charge in [0.1, 0.15) is 0 Å². The van der Waals surface area contributed by atoms with Crippen LogP contribution in [0.2, 0.25) is 0 Å². The molecule has 0 radical (unpaired) electrons. The molecule has 2 nitrogen and oxygen atoms in total. The zero-order valence-corrected chi connectivity index (χ0v) is 5.69. The van der Waals surface area contributed by atoms with E-state index in [0.29, 0.717) is 11.6 Å². The van der Waals surface area contributed by atoms with Crippen molar-refractivity contribution in [3.05, 3.63) is 0 Å². The first-order chi connectivity index (χ1) is 4.31. The molecule has 0 aromatic heterocycles. The van der Waals surface area contributed by atoms with E-state index in [9.17, 15) is 0 Å². The van der Waals surface area contributed by atoms with E-state index in [1.807, 2.05) is 0 Å². The van der Waals surface area contributed by atoms with Crippen LogP contribution in [-0.2, 0) is 0 Å². The summed E-state index contributed by atoms with van der Waals surface area (Å²) in [5.74, 6) is 0. The lowest BCUT2D eigenvalue weighted by Gasteiger charge is -2.40. The van der Waals surface area contributed by atoms with E-state index in [1.165, 1.54) is 32.2 Å². The summed E-state index contributed by atoms with van der Waals surface area (Å²) in [6.07, 6.45) is 5.12. The Morgan fingerprint density at radius 1 is 1.44 bits per heavy atom. The van der Waals surface area contributed by atoms with Crippen molar-refractivity contribution in [3.8, 4) is 0 Å². The third-order valence-corrected chi connectivity index (χ3v) is 2.75. The third-order valence-electron chi connectivity index (χ3n) is 2.75. The number of hydrogen-bond donors (Lipinski definition) is 2. The molecule has 1 aliphatic heterocycles. The number of nitrogens with two attached hydrogens (primary N) is 1. The largest absolute Gasteiger partial charge is 0.328 e. The van der Waals surface area contributed by atoms with Gasteiger partial charge < -0.3 is 11.1 Å². The Morgan fingerprint density at radius 3 is 2.44 bits per heavy atom. The maximum Gasteiger partial charge on any atom is 0.0208 e. The van der Waals surface area contributed by atoms with Gasteiger partial charge in [0.15, 0.2) is 0 Å². The maximum atomic E-state index is 5.78. The minimum atomic E-state index is 0.484. The van der Waals surface area contributed by atoms with Crippen LogP contribution in [0.3, 0.4) is 0 Å². The first-order valence-electron chi connectivity index (χ1n) is 3.81. The normalized spacial score (nSPS) is 49.7. The molecular formula is C7H14N2. The van der Waals surface area contributed by atoms with E-state index in [0.717, 1.165) is 0 Å². The molecule has 1 spiro atoms. The SMILES string of the molecule is N[C@H]1CC[C@]2(CCN2)C1. The van der Waals surface area contributed by atoms with Crippen LogP contribution in [0.25, 0.3) is 0 Å². The summed E-state index contributed by atoms with van der Waals surface area (Å²) in [5, 5.41) is 3.47. The Hall–Kier alpha value is -0.0800. The van der Waals surface area contributed by atoms with E-state index >= 15 is 0 Å². The van der Waals surface area contributed by atoms with Gasteiger partial charge >= 0.3 is 0 Å². The molecule has 0 aromatic rings. The molecule has 2 heteroatoms. The molecule has 2 rings (SSSR count). The van der Waals surface area contributed by atoms with Crippen LogP contribution in [0.4, 0.5) is 0 Å². The molecule has 2 atom stereocenters. The fraction of sp³-hybridized carbons (Fsp3) is 1.00. The molecule has 1 saturated heterocycles. The van der Waals surface area contributed by atoms with Crippen LogP contribution < -0.4 is 11.1 Å². The predicted octanol–water partition coefficient (Wildman–Crippen LogP) is 0.230. The van der Waals surface area contributed by atoms with Crippen molar-refractivity contribution < 1.29 is 0 Å². The smallest absolute Gasteiger partial charge is 0.0208 e. The molecule has 52 valence electrons. The van der Waals surface area contributed by atoms with Gasteiger partial charge in [-0.3, -0.25) is 0 Å². The van der Waals surface area contributed by atoms with Crippen LogP contribution >= 0.6 is 0 Å². The van der Waals surface area contributed by atoms with Crippen LogP contribution in [0.15, 0.2) is 0 Å². The molecule has 0 amide bonds. The Labute approximate surface area is 55.8 Å². The number of hydrogen-bond acceptors (Lipinski definition) is 2. The van der Waals surface area contributed by atoms with Crippen LogP contribution in [0, 0.1) is 0 Å². The van der Waals surface area contributed by atoms with E-state index in [1.54, 1.807) is 0 Å². The first kappa shape index (κ1) is 5.69. The van der Waals surface area contributed by atoms with Gasteiger partial charge in [0, 0.05) is 11.6 Å². The standard InChI is InChI=1S/C7H14N2/c8-6-1-2-7(5-6)3-4-9-7/h6,9H,1-5,8H2/t6-,7-/m0/s1. The topological polar surface area (TPSA) is 38.0 Å². The summed E-state index contributed by atoms with van der Waals surface area (Å²) < 4.78 is 0. The van der Waals surface area contributed by atoms with Crippen molar-refractivity contribution in [3.63, 3.8) is 0 Å². The zero-order valence-electron chi connectivity index (χ0n) is 5.69. The Morgan fingerprint density at radius 2 is 2.22 bits per heavy atom. The summed E-state index contributed by atoms with van der Waals surface area (Å²) in [6.45, 7) is 1.21. The summed E-state index contributed by atoms with van der Waals surface area (Å²) in [4.78, 5) is 0. The molecule has 9 heavy (non-hydrogen) atoms. The minimum Gasteiger partial charge on any atom is -0.328 e. The molecule has 1 saturated carbocycles. The molecule has 2 aliphatic rings. The molecule has 2 fully saturated rings. The average Bonchev–Trinajstić information content (AvgIpc) is 2.09. The van der Waals surface area contributed by atoms with E-state index in [4.69, 9.17) is 5.73 Å². The van der Waals surface area contributed by atoms with Crippen molar-refractivity contribution in [1.29, 1.82) is 0 Å². The van der Waals surface area contributed by atoms with Crippen LogP contribution in [-0.4, -0.2) is 18.1 Å². The monoisotopic (exact) mass is 126 g/mol.